The van der Waals surface area contributed by atoms with Crippen molar-refractivity contribution in [3.63, 3.8) is 0 Å². The largest absolute Gasteiger partial charge is 0.384 e. The Kier molecular flexibility index (Phi) is 5.48. The van der Waals surface area contributed by atoms with Gasteiger partial charge in [-0.1, -0.05) is 6.92 Å². The Morgan fingerprint density at radius 3 is 2.89 bits per heavy atom. The topological polar surface area (TPSA) is 106 Å². The third-order valence-electron chi connectivity index (χ3n) is 2.27. The molecule has 0 bridgehead atoms. The molecule has 1 rings (SSSR count). The molecule has 1 aromatic rings. The van der Waals surface area contributed by atoms with Crippen molar-refractivity contribution in [3.05, 3.63) is 18.3 Å². The summed E-state index contributed by atoms with van der Waals surface area (Å²) < 4.78 is 31.5. The first-order valence-electron chi connectivity index (χ1n) is 5.41. The van der Waals surface area contributed by atoms with E-state index in [0.717, 1.165) is 0 Å². The number of hydrogen-bond acceptors (Lipinski definition) is 6. The predicted molar refractivity (Wildman–Crippen MR) is 68.3 cm³/mol. The van der Waals surface area contributed by atoms with E-state index >= 15 is 0 Å². The zero-order valence-corrected chi connectivity index (χ0v) is 11.2. The predicted octanol–water partition coefficient (Wildman–Crippen LogP) is -0.0720. The first-order valence-corrected chi connectivity index (χ1v) is 6.89. The second-order valence-electron chi connectivity index (χ2n) is 3.91. The Hall–Kier alpha value is -1.22. The van der Waals surface area contributed by atoms with E-state index in [9.17, 15) is 8.42 Å². The highest BCUT2D eigenvalue weighted by molar-refractivity contribution is 7.89. The lowest BCUT2D eigenvalue weighted by Gasteiger charge is -2.13. The van der Waals surface area contributed by atoms with Gasteiger partial charge in [0, 0.05) is 26.5 Å². The summed E-state index contributed by atoms with van der Waals surface area (Å²) in [5.41, 5.74) is 2.26. The number of hydrazine groups is 1. The van der Waals surface area contributed by atoms with Crippen LogP contribution in [0.5, 0.6) is 0 Å². The molecule has 0 saturated carbocycles. The second kappa shape index (κ2) is 6.64. The number of nitrogen functional groups attached to an aromatic ring is 1. The molecule has 7 nitrogen and oxygen atoms in total. The minimum absolute atomic E-state index is 0.0251. The monoisotopic (exact) mass is 274 g/mol. The van der Waals surface area contributed by atoms with E-state index in [1.165, 1.54) is 18.3 Å². The van der Waals surface area contributed by atoms with E-state index in [4.69, 9.17) is 10.6 Å². The average molecular weight is 274 g/mol. The molecule has 0 amide bonds. The molecule has 8 heteroatoms. The zero-order chi connectivity index (χ0) is 13.6. The summed E-state index contributed by atoms with van der Waals surface area (Å²) in [7, 11) is -2.05. The van der Waals surface area contributed by atoms with Crippen molar-refractivity contribution < 1.29 is 13.2 Å². The molecule has 0 spiro atoms. The van der Waals surface area contributed by atoms with Gasteiger partial charge in [0.25, 0.3) is 0 Å². The standard InChI is InChI=1S/C10H18N4O3S/c1-8(7-17-2)6-13-18(15,16)9-4-3-5-12-10(9)14-11/h3-5,8,13H,6-7,11H2,1-2H3,(H,12,14). The molecular formula is C10H18N4O3S. The van der Waals surface area contributed by atoms with E-state index in [1.807, 2.05) is 6.92 Å². The highest BCUT2D eigenvalue weighted by Crippen LogP contribution is 2.16. The van der Waals surface area contributed by atoms with Crippen molar-refractivity contribution in [1.82, 2.24) is 9.71 Å². The van der Waals surface area contributed by atoms with Crippen LogP contribution in [0, 0.1) is 5.92 Å². The Bertz CT molecular complexity index is 478. The molecule has 4 N–H and O–H groups in total. The summed E-state index contributed by atoms with van der Waals surface area (Å²) in [5.74, 6) is 5.42. The maximum Gasteiger partial charge on any atom is 0.244 e. The molecule has 102 valence electrons. The third kappa shape index (κ3) is 3.91. The number of pyridine rings is 1. The van der Waals surface area contributed by atoms with Crippen LogP contribution < -0.4 is 16.0 Å². The first kappa shape index (κ1) is 14.8. The molecule has 0 aromatic carbocycles. The van der Waals surface area contributed by atoms with Gasteiger partial charge in [-0.25, -0.2) is 24.0 Å². The summed E-state index contributed by atoms with van der Waals surface area (Å²) in [5, 5.41) is 0. The molecule has 1 unspecified atom stereocenters. The van der Waals surface area contributed by atoms with Crippen LogP contribution in [0.25, 0.3) is 0 Å². The van der Waals surface area contributed by atoms with Gasteiger partial charge < -0.3 is 10.2 Å². The lowest BCUT2D eigenvalue weighted by atomic mass is 10.2. The van der Waals surface area contributed by atoms with Gasteiger partial charge in [0.1, 0.15) is 4.90 Å². The van der Waals surface area contributed by atoms with E-state index in [2.05, 4.69) is 15.1 Å². The van der Waals surface area contributed by atoms with Crippen molar-refractivity contribution >= 4 is 15.8 Å². The molecule has 0 radical (unpaired) electrons. The zero-order valence-electron chi connectivity index (χ0n) is 10.4. The summed E-state index contributed by atoms with van der Waals surface area (Å²) in [6.45, 7) is 2.66. The van der Waals surface area contributed by atoms with E-state index < -0.39 is 10.0 Å². The second-order valence-corrected chi connectivity index (χ2v) is 5.64. The highest BCUT2D eigenvalue weighted by Gasteiger charge is 2.19. The number of nitrogens with one attached hydrogen (secondary N) is 2. The van der Waals surface area contributed by atoms with Gasteiger partial charge in [-0.05, 0) is 18.1 Å². The SMILES string of the molecule is COCC(C)CNS(=O)(=O)c1cccnc1NN. The highest BCUT2D eigenvalue weighted by atomic mass is 32.2. The summed E-state index contributed by atoms with van der Waals surface area (Å²) in [6, 6.07) is 2.97. The fraction of sp³-hybridized carbons (Fsp3) is 0.500. The van der Waals surface area contributed by atoms with Crippen molar-refractivity contribution in [2.45, 2.75) is 11.8 Å². The number of aromatic nitrogens is 1. The smallest absolute Gasteiger partial charge is 0.244 e. The minimum atomic E-state index is -3.63. The molecule has 0 aliphatic carbocycles. The van der Waals surface area contributed by atoms with Crippen LogP contribution in [0.2, 0.25) is 0 Å². The quantitative estimate of drug-likeness (QED) is 0.474. The summed E-state index contributed by atoms with van der Waals surface area (Å²) >= 11 is 0. The van der Waals surface area contributed by atoms with E-state index in [-0.39, 0.29) is 23.2 Å². The van der Waals surface area contributed by atoms with Gasteiger partial charge in [0.05, 0.1) is 0 Å². The Morgan fingerprint density at radius 1 is 1.56 bits per heavy atom. The maximum absolute atomic E-state index is 12.0. The van der Waals surface area contributed by atoms with Gasteiger partial charge in [0.2, 0.25) is 10.0 Å². The van der Waals surface area contributed by atoms with Crippen LogP contribution in [-0.2, 0) is 14.8 Å². The normalized spacial score (nSPS) is 13.3. The third-order valence-corrected chi connectivity index (χ3v) is 3.73. The van der Waals surface area contributed by atoms with Gasteiger partial charge in [-0.2, -0.15) is 0 Å². The van der Waals surface area contributed by atoms with Crippen LogP contribution in [0.1, 0.15) is 6.92 Å². The Morgan fingerprint density at radius 2 is 2.28 bits per heavy atom. The van der Waals surface area contributed by atoms with Crippen molar-refractivity contribution in [3.8, 4) is 0 Å². The van der Waals surface area contributed by atoms with Crippen LogP contribution in [0.4, 0.5) is 5.82 Å². The number of anilines is 1. The van der Waals surface area contributed by atoms with E-state index in [1.54, 1.807) is 7.11 Å². The number of ether oxygens (including phenoxy) is 1. The Balaban J connectivity index is 2.80. The number of hydrogen-bond donors (Lipinski definition) is 3. The molecule has 1 atom stereocenters. The van der Waals surface area contributed by atoms with Crippen LogP contribution in [0.3, 0.4) is 0 Å². The lowest BCUT2D eigenvalue weighted by molar-refractivity contribution is 0.161. The number of nitrogens with two attached hydrogens (primary N) is 1. The number of nitrogens with zero attached hydrogens (tertiary/aromatic N) is 1. The maximum atomic E-state index is 12.0. The fourth-order valence-corrected chi connectivity index (χ4v) is 2.67. The first-order chi connectivity index (χ1) is 8.51. The molecule has 18 heavy (non-hydrogen) atoms. The fourth-order valence-electron chi connectivity index (χ4n) is 1.39. The number of rotatable bonds is 7. The number of methoxy groups -OCH3 is 1. The molecule has 0 aliphatic rings. The van der Waals surface area contributed by atoms with Gasteiger partial charge in [-0.3, -0.25) is 0 Å². The molecule has 0 saturated heterocycles. The lowest BCUT2D eigenvalue weighted by Crippen LogP contribution is -2.31. The molecule has 0 fully saturated rings. The van der Waals surface area contributed by atoms with Crippen molar-refractivity contribution in [2.75, 3.05) is 25.7 Å². The van der Waals surface area contributed by atoms with Crippen molar-refractivity contribution in [1.29, 1.82) is 0 Å². The van der Waals surface area contributed by atoms with Gasteiger partial charge in [-0.15, -0.1) is 0 Å². The summed E-state index contributed by atoms with van der Waals surface area (Å²) in [4.78, 5) is 3.87. The van der Waals surface area contributed by atoms with Crippen LogP contribution in [-0.4, -0.2) is 33.7 Å². The molecule has 1 aromatic heterocycles. The van der Waals surface area contributed by atoms with Crippen molar-refractivity contribution in [2.24, 2.45) is 11.8 Å². The van der Waals surface area contributed by atoms with Crippen LogP contribution in [0.15, 0.2) is 23.2 Å². The average Bonchev–Trinajstić information content (AvgIpc) is 2.37. The number of sulfonamides is 1. The van der Waals surface area contributed by atoms with Gasteiger partial charge >= 0.3 is 0 Å². The van der Waals surface area contributed by atoms with E-state index in [0.29, 0.717) is 6.61 Å². The molecule has 1 heterocycles. The van der Waals surface area contributed by atoms with Gasteiger partial charge in [0.15, 0.2) is 5.82 Å². The molecule has 0 aliphatic heterocycles. The Labute approximate surface area is 107 Å². The molecular weight excluding hydrogens is 256 g/mol. The van der Waals surface area contributed by atoms with Crippen LogP contribution >= 0.6 is 0 Å². The minimum Gasteiger partial charge on any atom is -0.384 e. The summed E-state index contributed by atoms with van der Waals surface area (Å²) in [6.07, 6.45) is 1.46.